The van der Waals surface area contributed by atoms with Crippen molar-refractivity contribution in [1.82, 2.24) is 4.90 Å². The van der Waals surface area contributed by atoms with Crippen LogP contribution in [0.2, 0.25) is 0 Å². The highest BCUT2D eigenvalue weighted by atomic mass is 32.2. The molecular weight excluding hydrogens is 445 g/mol. The number of benzene rings is 3. The zero-order valence-electron chi connectivity index (χ0n) is 17.5. The molecular formula is C25H22FNO3S2. The number of carbonyl (C=O) groups is 1. The van der Waals surface area contributed by atoms with Crippen LogP contribution >= 0.6 is 24.0 Å². The van der Waals surface area contributed by atoms with Gasteiger partial charge in [-0.05, 0) is 53.4 Å². The molecule has 32 heavy (non-hydrogen) atoms. The molecule has 0 saturated carbocycles. The van der Waals surface area contributed by atoms with Crippen LogP contribution in [0.3, 0.4) is 0 Å². The lowest BCUT2D eigenvalue weighted by Crippen LogP contribution is -2.31. The van der Waals surface area contributed by atoms with Crippen LogP contribution in [0.1, 0.15) is 16.7 Å². The first-order valence-corrected chi connectivity index (χ1v) is 11.4. The molecule has 0 spiro atoms. The number of thiocarbonyl (C=S) groups is 1. The molecule has 0 N–H and O–H groups in total. The highest BCUT2D eigenvalue weighted by Gasteiger charge is 2.37. The number of rotatable bonds is 8. The number of hydrogen-bond donors (Lipinski definition) is 0. The van der Waals surface area contributed by atoms with Gasteiger partial charge in [0.15, 0.2) is 0 Å². The number of amides is 1. The molecule has 1 atom stereocenters. The Morgan fingerprint density at radius 3 is 2.56 bits per heavy atom. The monoisotopic (exact) mass is 467 g/mol. The minimum absolute atomic E-state index is 0.00393. The Bertz CT molecular complexity index is 1120. The summed E-state index contributed by atoms with van der Waals surface area (Å²) in [5, 5.41) is -0.306. The highest BCUT2D eigenvalue weighted by Crippen LogP contribution is 2.33. The number of ether oxygens (including phenoxy) is 2. The van der Waals surface area contributed by atoms with Crippen molar-refractivity contribution in [2.24, 2.45) is 0 Å². The lowest BCUT2D eigenvalue weighted by molar-refractivity contribution is -0.126. The number of halogens is 1. The van der Waals surface area contributed by atoms with Crippen molar-refractivity contribution in [3.05, 3.63) is 95.3 Å². The van der Waals surface area contributed by atoms with Gasteiger partial charge in [0, 0.05) is 0 Å². The van der Waals surface area contributed by atoms with Gasteiger partial charge in [0.05, 0.1) is 18.9 Å². The fourth-order valence-electron chi connectivity index (χ4n) is 3.49. The molecule has 0 radical (unpaired) electrons. The second-order valence-corrected chi connectivity index (χ2v) is 9.21. The zero-order chi connectivity index (χ0) is 22.5. The molecule has 1 aliphatic rings. The predicted octanol–water partition coefficient (Wildman–Crippen LogP) is 5.38. The molecule has 1 amide bonds. The predicted molar refractivity (Wildman–Crippen MR) is 128 cm³/mol. The second kappa shape index (κ2) is 10.1. The third kappa shape index (κ3) is 5.29. The van der Waals surface area contributed by atoms with Crippen LogP contribution in [0.5, 0.6) is 11.5 Å². The Kier molecular flexibility index (Phi) is 7.07. The summed E-state index contributed by atoms with van der Waals surface area (Å²) in [5.74, 6) is 1.16. The van der Waals surface area contributed by atoms with Gasteiger partial charge in [0.1, 0.15) is 28.2 Å². The first-order valence-electron chi connectivity index (χ1n) is 10.1. The smallest absolute Gasteiger partial charge is 0.242 e. The van der Waals surface area contributed by atoms with E-state index < -0.39 is 0 Å². The number of methoxy groups -OCH3 is 1. The fourth-order valence-corrected chi connectivity index (χ4v) is 5.00. The van der Waals surface area contributed by atoms with Crippen molar-refractivity contribution in [2.45, 2.75) is 24.8 Å². The quantitative estimate of drug-likeness (QED) is 0.416. The molecule has 4 rings (SSSR count). The molecule has 1 saturated heterocycles. The van der Waals surface area contributed by atoms with Gasteiger partial charge in [-0.15, -0.1) is 0 Å². The summed E-state index contributed by atoms with van der Waals surface area (Å²) in [4.78, 5) is 14.7. The third-order valence-corrected chi connectivity index (χ3v) is 6.75. The fraction of sp³-hybridized carbons (Fsp3) is 0.200. The largest absolute Gasteiger partial charge is 0.497 e. The van der Waals surface area contributed by atoms with Crippen LogP contribution in [0.25, 0.3) is 0 Å². The maximum absolute atomic E-state index is 13.4. The molecule has 0 bridgehead atoms. The van der Waals surface area contributed by atoms with Gasteiger partial charge in [0.2, 0.25) is 5.91 Å². The Balaban J connectivity index is 1.42. The summed E-state index contributed by atoms with van der Waals surface area (Å²) in [6.07, 6.45) is 0.502. The number of nitrogens with zero attached hydrogens (tertiary/aromatic N) is 1. The summed E-state index contributed by atoms with van der Waals surface area (Å²) < 4.78 is 25.2. The van der Waals surface area contributed by atoms with E-state index in [9.17, 15) is 9.18 Å². The van der Waals surface area contributed by atoms with Crippen LogP contribution in [0.15, 0.2) is 72.8 Å². The van der Waals surface area contributed by atoms with E-state index in [4.69, 9.17) is 21.7 Å². The minimum atomic E-state index is -0.306. The van der Waals surface area contributed by atoms with Crippen molar-refractivity contribution < 1.29 is 18.7 Å². The minimum Gasteiger partial charge on any atom is -0.497 e. The molecule has 164 valence electrons. The van der Waals surface area contributed by atoms with Gasteiger partial charge < -0.3 is 9.47 Å². The van der Waals surface area contributed by atoms with Gasteiger partial charge in [-0.1, -0.05) is 66.4 Å². The van der Waals surface area contributed by atoms with Gasteiger partial charge in [-0.25, -0.2) is 4.39 Å². The average Bonchev–Trinajstić information content (AvgIpc) is 3.06. The van der Waals surface area contributed by atoms with Crippen molar-refractivity contribution in [1.29, 1.82) is 0 Å². The number of carbonyl (C=O) groups excluding carboxylic acids is 1. The van der Waals surface area contributed by atoms with Crippen LogP contribution in [-0.4, -0.2) is 27.5 Å². The summed E-state index contributed by atoms with van der Waals surface area (Å²) in [7, 11) is 1.62. The molecule has 0 aromatic heterocycles. The standard InChI is InChI=1S/C25H22FNO3S2/c1-29-21-11-9-17(10-12-21)15-27-24(28)23(32-25(27)31)14-19-6-2-3-8-22(19)30-16-18-5-4-7-20(26)13-18/h2-13,23H,14-16H2,1H3/t23-/m1/s1. The van der Waals surface area contributed by atoms with Crippen LogP contribution in [-0.2, 0) is 24.4 Å². The molecule has 3 aromatic rings. The van der Waals surface area contributed by atoms with Gasteiger partial charge in [0.25, 0.3) is 0 Å². The summed E-state index contributed by atoms with van der Waals surface area (Å²) in [6.45, 7) is 0.686. The van der Waals surface area contributed by atoms with E-state index in [2.05, 4.69) is 0 Å². The van der Waals surface area contributed by atoms with E-state index in [1.54, 1.807) is 18.1 Å². The first-order chi connectivity index (χ1) is 15.5. The summed E-state index contributed by atoms with van der Waals surface area (Å²) in [6, 6.07) is 21.6. The van der Waals surface area contributed by atoms with Gasteiger partial charge in [-0.3, -0.25) is 9.69 Å². The number of hydrogen-bond acceptors (Lipinski definition) is 5. The van der Waals surface area contributed by atoms with Gasteiger partial charge >= 0.3 is 0 Å². The van der Waals surface area contributed by atoms with Crippen molar-refractivity contribution in [3.8, 4) is 11.5 Å². The number of para-hydroxylation sites is 1. The van der Waals surface area contributed by atoms with Crippen LogP contribution in [0.4, 0.5) is 4.39 Å². The van der Waals surface area contributed by atoms with Crippen LogP contribution in [0, 0.1) is 5.82 Å². The SMILES string of the molecule is COc1ccc(CN2C(=O)[C@@H](Cc3ccccc3OCc3cccc(F)c3)SC2=S)cc1. The van der Waals surface area contributed by atoms with E-state index in [0.717, 1.165) is 22.4 Å². The van der Waals surface area contributed by atoms with Crippen molar-refractivity contribution >= 4 is 34.2 Å². The van der Waals surface area contributed by atoms with E-state index in [1.807, 2.05) is 54.6 Å². The average molecular weight is 468 g/mol. The van der Waals surface area contributed by atoms with Crippen LogP contribution < -0.4 is 9.47 Å². The summed E-state index contributed by atoms with van der Waals surface area (Å²) in [5.41, 5.74) is 2.66. The maximum Gasteiger partial charge on any atom is 0.242 e. The van der Waals surface area contributed by atoms with Gasteiger partial charge in [-0.2, -0.15) is 0 Å². The molecule has 3 aromatic carbocycles. The zero-order valence-corrected chi connectivity index (χ0v) is 19.1. The first kappa shape index (κ1) is 22.3. The Labute approximate surface area is 196 Å². The Hall–Kier alpha value is -2.90. The Morgan fingerprint density at radius 2 is 1.81 bits per heavy atom. The topological polar surface area (TPSA) is 38.8 Å². The van der Waals surface area contributed by atoms with E-state index in [1.165, 1.54) is 23.9 Å². The van der Waals surface area contributed by atoms with E-state index in [0.29, 0.717) is 23.0 Å². The summed E-state index contributed by atoms with van der Waals surface area (Å²) >= 11 is 6.90. The lowest BCUT2D eigenvalue weighted by Gasteiger charge is -2.16. The molecule has 0 aliphatic carbocycles. The van der Waals surface area contributed by atoms with Crippen molar-refractivity contribution in [3.63, 3.8) is 0 Å². The molecule has 7 heteroatoms. The van der Waals surface area contributed by atoms with Crippen molar-refractivity contribution in [2.75, 3.05) is 7.11 Å². The lowest BCUT2D eigenvalue weighted by atomic mass is 10.1. The highest BCUT2D eigenvalue weighted by molar-refractivity contribution is 8.24. The Morgan fingerprint density at radius 1 is 1.03 bits per heavy atom. The molecule has 1 fully saturated rings. The third-order valence-electron chi connectivity index (χ3n) is 5.17. The molecule has 1 aliphatic heterocycles. The molecule has 0 unspecified atom stereocenters. The van der Waals surface area contributed by atoms with E-state index in [-0.39, 0.29) is 23.6 Å². The molecule has 4 nitrogen and oxygen atoms in total. The maximum atomic E-state index is 13.4. The molecule has 1 heterocycles. The number of thioether (sulfide) groups is 1. The normalized spacial score (nSPS) is 15.8. The second-order valence-electron chi connectivity index (χ2n) is 7.38. The van der Waals surface area contributed by atoms with E-state index >= 15 is 0 Å².